The molecule has 0 fully saturated rings. The van der Waals surface area contributed by atoms with Gasteiger partial charge in [0.25, 0.3) is 5.91 Å². The van der Waals surface area contributed by atoms with Crippen molar-refractivity contribution in [2.24, 2.45) is 0 Å². The van der Waals surface area contributed by atoms with Crippen molar-refractivity contribution in [3.63, 3.8) is 0 Å². The molecule has 5 heteroatoms. The largest absolute Gasteiger partial charge is 0.496 e. The summed E-state index contributed by atoms with van der Waals surface area (Å²) < 4.78 is 5.27. The molecule has 0 unspecified atom stereocenters. The van der Waals surface area contributed by atoms with E-state index >= 15 is 0 Å². The summed E-state index contributed by atoms with van der Waals surface area (Å²) in [6, 6.07) is 23.4. The molecule has 0 aliphatic carbocycles. The van der Waals surface area contributed by atoms with E-state index in [1.165, 1.54) is 6.08 Å². The van der Waals surface area contributed by atoms with Crippen LogP contribution < -0.4 is 15.4 Å². The number of methoxy groups -OCH3 is 1. The van der Waals surface area contributed by atoms with Crippen molar-refractivity contribution in [2.75, 3.05) is 17.7 Å². The van der Waals surface area contributed by atoms with E-state index in [-0.39, 0.29) is 11.8 Å². The van der Waals surface area contributed by atoms with Gasteiger partial charge in [-0.3, -0.25) is 9.59 Å². The van der Waals surface area contributed by atoms with Crippen molar-refractivity contribution in [2.45, 2.75) is 0 Å². The van der Waals surface area contributed by atoms with E-state index in [1.807, 2.05) is 42.5 Å². The molecule has 0 radical (unpaired) electrons. The zero-order valence-electron chi connectivity index (χ0n) is 15.4. The quantitative estimate of drug-likeness (QED) is 0.622. The van der Waals surface area contributed by atoms with Gasteiger partial charge in [0, 0.05) is 17.3 Å². The summed E-state index contributed by atoms with van der Waals surface area (Å²) >= 11 is 0. The second kappa shape index (κ2) is 9.19. The summed E-state index contributed by atoms with van der Waals surface area (Å²) in [5.74, 6) is 0.0378. The van der Waals surface area contributed by atoms with Crippen LogP contribution in [0.25, 0.3) is 6.08 Å². The summed E-state index contributed by atoms with van der Waals surface area (Å²) in [7, 11) is 1.58. The van der Waals surface area contributed by atoms with Crippen LogP contribution in [0.5, 0.6) is 5.75 Å². The van der Waals surface area contributed by atoms with E-state index in [9.17, 15) is 9.59 Å². The molecule has 140 valence electrons. The van der Waals surface area contributed by atoms with E-state index in [2.05, 4.69) is 10.6 Å². The predicted molar refractivity (Wildman–Crippen MR) is 111 cm³/mol. The van der Waals surface area contributed by atoms with E-state index in [1.54, 1.807) is 49.6 Å². The third kappa shape index (κ3) is 4.86. The van der Waals surface area contributed by atoms with Gasteiger partial charge in [-0.05, 0) is 36.4 Å². The number of ether oxygens (including phenoxy) is 1. The number of hydrogen-bond donors (Lipinski definition) is 2. The van der Waals surface area contributed by atoms with Crippen LogP contribution in [0.15, 0.2) is 84.9 Å². The lowest BCUT2D eigenvalue weighted by Gasteiger charge is -2.10. The molecule has 28 heavy (non-hydrogen) atoms. The lowest BCUT2D eigenvalue weighted by atomic mass is 10.1. The van der Waals surface area contributed by atoms with Crippen LogP contribution in [-0.2, 0) is 4.79 Å². The van der Waals surface area contributed by atoms with Gasteiger partial charge in [0.2, 0.25) is 5.91 Å². The molecule has 0 heterocycles. The Morgan fingerprint density at radius 1 is 0.821 bits per heavy atom. The number of amides is 2. The number of para-hydroxylation sites is 3. The molecule has 3 rings (SSSR count). The Hall–Kier alpha value is -3.86. The highest BCUT2D eigenvalue weighted by atomic mass is 16.5. The van der Waals surface area contributed by atoms with Gasteiger partial charge in [0.1, 0.15) is 5.75 Å². The lowest BCUT2D eigenvalue weighted by molar-refractivity contribution is -0.111. The van der Waals surface area contributed by atoms with Crippen molar-refractivity contribution >= 4 is 29.3 Å². The third-order valence-electron chi connectivity index (χ3n) is 4.01. The second-order valence-corrected chi connectivity index (χ2v) is 5.93. The number of anilines is 2. The Balaban J connectivity index is 1.73. The zero-order chi connectivity index (χ0) is 19.8. The number of carbonyl (C=O) groups is 2. The van der Waals surface area contributed by atoms with Gasteiger partial charge < -0.3 is 15.4 Å². The molecular formula is C23H20N2O3. The molecule has 2 amide bonds. The fourth-order valence-corrected chi connectivity index (χ4v) is 2.65. The van der Waals surface area contributed by atoms with Crippen LogP contribution in [0.3, 0.4) is 0 Å². The standard InChI is InChI=1S/C23H20N2O3/c1-28-21-14-8-5-9-17(21)15-16-22(26)25-20-13-7-6-12-19(20)23(27)24-18-10-3-2-4-11-18/h2-16H,1H3,(H,24,27)(H,25,26)/b16-15+. The van der Waals surface area contributed by atoms with Gasteiger partial charge in [0.05, 0.1) is 18.4 Å². The van der Waals surface area contributed by atoms with E-state index in [0.29, 0.717) is 22.7 Å². The summed E-state index contributed by atoms with van der Waals surface area (Å²) in [6.07, 6.45) is 3.07. The summed E-state index contributed by atoms with van der Waals surface area (Å²) in [5.41, 5.74) is 2.29. The van der Waals surface area contributed by atoms with Gasteiger partial charge in [0.15, 0.2) is 0 Å². The van der Waals surface area contributed by atoms with E-state index in [0.717, 1.165) is 5.56 Å². The lowest BCUT2D eigenvalue weighted by Crippen LogP contribution is -2.16. The number of nitrogens with one attached hydrogen (secondary N) is 2. The first-order chi connectivity index (χ1) is 13.7. The first-order valence-electron chi connectivity index (χ1n) is 8.75. The van der Waals surface area contributed by atoms with Gasteiger partial charge in [-0.15, -0.1) is 0 Å². The summed E-state index contributed by atoms with van der Waals surface area (Å²) in [6.45, 7) is 0. The van der Waals surface area contributed by atoms with Gasteiger partial charge in [-0.25, -0.2) is 0 Å². The first-order valence-corrected chi connectivity index (χ1v) is 8.75. The maximum atomic E-state index is 12.6. The SMILES string of the molecule is COc1ccccc1/C=C/C(=O)Nc1ccccc1C(=O)Nc1ccccc1. The molecule has 0 atom stereocenters. The van der Waals surface area contributed by atoms with Crippen molar-refractivity contribution < 1.29 is 14.3 Å². The molecule has 0 spiro atoms. The smallest absolute Gasteiger partial charge is 0.257 e. The fourth-order valence-electron chi connectivity index (χ4n) is 2.65. The summed E-state index contributed by atoms with van der Waals surface area (Å²) in [5, 5.41) is 5.58. The van der Waals surface area contributed by atoms with Crippen molar-refractivity contribution in [1.29, 1.82) is 0 Å². The van der Waals surface area contributed by atoms with Crippen LogP contribution in [0.4, 0.5) is 11.4 Å². The Labute approximate surface area is 163 Å². The number of hydrogen-bond acceptors (Lipinski definition) is 3. The molecule has 0 aliphatic heterocycles. The van der Waals surface area contributed by atoms with Crippen molar-refractivity contribution in [3.8, 4) is 5.75 Å². The minimum atomic E-state index is -0.342. The average Bonchev–Trinajstić information content (AvgIpc) is 2.73. The Kier molecular flexibility index (Phi) is 6.21. The molecule has 3 aromatic rings. The fraction of sp³-hybridized carbons (Fsp3) is 0.0435. The summed E-state index contributed by atoms with van der Waals surface area (Å²) in [4.78, 5) is 24.9. The Morgan fingerprint density at radius 3 is 2.29 bits per heavy atom. The highest BCUT2D eigenvalue weighted by Gasteiger charge is 2.12. The monoisotopic (exact) mass is 372 g/mol. The zero-order valence-corrected chi connectivity index (χ0v) is 15.4. The molecule has 0 saturated heterocycles. The second-order valence-electron chi connectivity index (χ2n) is 5.93. The number of rotatable bonds is 6. The van der Waals surface area contributed by atoms with Crippen LogP contribution in [0, 0.1) is 0 Å². The molecule has 0 aliphatic rings. The van der Waals surface area contributed by atoms with Crippen molar-refractivity contribution in [3.05, 3.63) is 96.1 Å². The Morgan fingerprint density at radius 2 is 1.50 bits per heavy atom. The molecule has 0 saturated carbocycles. The third-order valence-corrected chi connectivity index (χ3v) is 4.01. The minimum Gasteiger partial charge on any atom is -0.496 e. The molecule has 2 N–H and O–H groups in total. The van der Waals surface area contributed by atoms with Crippen LogP contribution >= 0.6 is 0 Å². The van der Waals surface area contributed by atoms with Gasteiger partial charge >= 0.3 is 0 Å². The topological polar surface area (TPSA) is 67.4 Å². The number of benzene rings is 3. The Bertz CT molecular complexity index is 997. The van der Waals surface area contributed by atoms with Gasteiger partial charge in [-0.1, -0.05) is 48.5 Å². The minimum absolute atomic E-state index is 0.296. The highest BCUT2D eigenvalue weighted by molar-refractivity contribution is 6.11. The maximum absolute atomic E-state index is 12.6. The molecule has 0 aromatic heterocycles. The maximum Gasteiger partial charge on any atom is 0.257 e. The normalized spacial score (nSPS) is 10.5. The van der Waals surface area contributed by atoms with Crippen LogP contribution in [-0.4, -0.2) is 18.9 Å². The average molecular weight is 372 g/mol. The van der Waals surface area contributed by atoms with E-state index < -0.39 is 0 Å². The molecule has 3 aromatic carbocycles. The van der Waals surface area contributed by atoms with Gasteiger partial charge in [-0.2, -0.15) is 0 Å². The number of carbonyl (C=O) groups excluding carboxylic acids is 2. The molecule has 5 nitrogen and oxygen atoms in total. The van der Waals surface area contributed by atoms with E-state index in [4.69, 9.17) is 4.74 Å². The van der Waals surface area contributed by atoms with Crippen LogP contribution in [0.2, 0.25) is 0 Å². The molecular weight excluding hydrogens is 352 g/mol. The first kappa shape index (κ1) is 18.9. The highest BCUT2D eigenvalue weighted by Crippen LogP contribution is 2.20. The molecule has 0 bridgehead atoms. The van der Waals surface area contributed by atoms with Crippen LogP contribution in [0.1, 0.15) is 15.9 Å². The van der Waals surface area contributed by atoms with Crippen molar-refractivity contribution in [1.82, 2.24) is 0 Å². The predicted octanol–water partition coefficient (Wildman–Crippen LogP) is 4.60.